The number of carbonyl (C=O) groups excluding carboxylic acids is 1. The third-order valence-corrected chi connectivity index (χ3v) is 6.90. The number of carbonyl (C=O) groups is 1. The molecule has 1 N–H and O–H groups in total. The molecule has 13 heteroatoms. The number of nitrogens with zero attached hydrogens (tertiary/aromatic N) is 3. The van der Waals surface area contributed by atoms with Gasteiger partial charge in [-0.2, -0.15) is 18.2 Å². The fourth-order valence-electron chi connectivity index (χ4n) is 4.98. The molecule has 35 heavy (non-hydrogen) atoms. The van der Waals surface area contributed by atoms with Crippen LogP contribution in [0.2, 0.25) is 5.02 Å². The molecule has 8 nitrogen and oxygen atoms in total. The van der Waals surface area contributed by atoms with Crippen molar-refractivity contribution in [3.8, 4) is 5.75 Å². The second-order valence-corrected chi connectivity index (χ2v) is 9.76. The molecule has 3 saturated carbocycles. The van der Waals surface area contributed by atoms with Crippen LogP contribution in [-0.4, -0.2) is 53.2 Å². The second-order valence-electron chi connectivity index (χ2n) is 9.35. The molecule has 2 aromatic rings. The highest BCUT2D eigenvalue weighted by molar-refractivity contribution is 6.30. The molecule has 1 amide bonds. The smallest absolute Gasteiger partial charge is 0.396 e. The summed E-state index contributed by atoms with van der Waals surface area (Å²) in [5, 5.41) is 6.79. The maximum absolute atomic E-state index is 13.5. The third kappa shape index (κ3) is 4.86. The van der Waals surface area contributed by atoms with Crippen LogP contribution in [0.1, 0.15) is 37.4 Å². The fourth-order valence-corrected chi connectivity index (χ4v) is 5.10. The molecule has 1 aromatic heterocycles. The SMILES string of the molecule is O=C(COc1ccc(Cl)c(F)c1)NC12CC(c3nc(COC4CN=CC(C(F)(F)F)C4)no3)(C1)C2. The van der Waals surface area contributed by atoms with Gasteiger partial charge < -0.3 is 19.3 Å². The molecular formula is C22H21ClF4N4O4. The van der Waals surface area contributed by atoms with Gasteiger partial charge in [0.25, 0.3) is 5.91 Å². The highest BCUT2D eigenvalue weighted by Crippen LogP contribution is 2.67. The molecule has 0 saturated heterocycles. The molecular weight excluding hydrogens is 496 g/mol. The number of aliphatic imine (C=N–C) groups is 1. The van der Waals surface area contributed by atoms with E-state index in [9.17, 15) is 22.4 Å². The van der Waals surface area contributed by atoms with Gasteiger partial charge in [-0.15, -0.1) is 0 Å². The van der Waals surface area contributed by atoms with Crippen molar-refractivity contribution in [2.45, 2.75) is 55.5 Å². The Balaban J connectivity index is 1.07. The number of halogens is 5. The van der Waals surface area contributed by atoms with Gasteiger partial charge in [0.15, 0.2) is 12.4 Å². The van der Waals surface area contributed by atoms with Gasteiger partial charge in [-0.05, 0) is 37.8 Å². The van der Waals surface area contributed by atoms with Crippen LogP contribution in [0.15, 0.2) is 27.7 Å². The van der Waals surface area contributed by atoms with Crippen LogP contribution in [0, 0.1) is 11.7 Å². The molecule has 3 aliphatic carbocycles. The summed E-state index contributed by atoms with van der Waals surface area (Å²) in [4.78, 5) is 20.4. The summed E-state index contributed by atoms with van der Waals surface area (Å²) in [6.45, 7) is -0.187. The summed E-state index contributed by atoms with van der Waals surface area (Å²) in [5.74, 6) is -1.70. The van der Waals surface area contributed by atoms with E-state index in [4.69, 9.17) is 25.6 Å². The second kappa shape index (κ2) is 8.74. The van der Waals surface area contributed by atoms with Crippen molar-refractivity contribution in [3.63, 3.8) is 0 Å². The van der Waals surface area contributed by atoms with Crippen molar-refractivity contribution in [2.24, 2.45) is 10.9 Å². The molecule has 0 spiro atoms. The number of aromatic nitrogens is 2. The van der Waals surface area contributed by atoms with Gasteiger partial charge in [0.1, 0.15) is 18.2 Å². The van der Waals surface area contributed by atoms with Gasteiger partial charge in [-0.3, -0.25) is 9.79 Å². The van der Waals surface area contributed by atoms with Gasteiger partial charge in [0.05, 0.1) is 29.0 Å². The van der Waals surface area contributed by atoms with E-state index in [1.807, 2.05) is 0 Å². The predicted molar refractivity (Wildman–Crippen MR) is 114 cm³/mol. The van der Waals surface area contributed by atoms with Gasteiger partial charge in [0, 0.05) is 17.8 Å². The molecule has 1 aliphatic heterocycles. The van der Waals surface area contributed by atoms with E-state index >= 15 is 0 Å². The largest absolute Gasteiger partial charge is 0.484 e. The van der Waals surface area contributed by atoms with E-state index in [1.54, 1.807) is 0 Å². The maximum atomic E-state index is 13.5. The zero-order chi connectivity index (χ0) is 24.8. The molecule has 1 aromatic carbocycles. The number of benzene rings is 1. The zero-order valence-corrected chi connectivity index (χ0v) is 19.0. The quantitative estimate of drug-likeness (QED) is 0.536. The lowest BCUT2D eigenvalue weighted by Gasteiger charge is -2.68. The lowest BCUT2D eigenvalue weighted by Crippen LogP contribution is -2.77. The summed E-state index contributed by atoms with van der Waals surface area (Å²) < 4.78 is 68.3. The molecule has 2 heterocycles. The number of amides is 1. The van der Waals surface area contributed by atoms with Crippen molar-refractivity contribution < 1.29 is 36.4 Å². The van der Waals surface area contributed by atoms with Crippen LogP contribution in [0.4, 0.5) is 17.6 Å². The topological polar surface area (TPSA) is 98.8 Å². The molecule has 4 aliphatic rings. The molecule has 3 fully saturated rings. The number of hydrogen-bond donors (Lipinski definition) is 1. The van der Waals surface area contributed by atoms with E-state index in [2.05, 4.69) is 20.4 Å². The Morgan fingerprint density at radius 3 is 2.77 bits per heavy atom. The Bertz CT molecular complexity index is 1130. The minimum absolute atomic E-state index is 0.0325. The highest BCUT2D eigenvalue weighted by Gasteiger charge is 2.72. The Morgan fingerprint density at radius 1 is 1.29 bits per heavy atom. The van der Waals surface area contributed by atoms with Crippen LogP contribution in [-0.2, 0) is 21.6 Å². The zero-order valence-electron chi connectivity index (χ0n) is 18.3. The molecule has 2 unspecified atom stereocenters. The van der Waals surface area contributed by atoms with Crippen LogP contribution < -0.4 is 10.1 Å². The van der Waals surface area contributed by atoms with E-state index in [0.29, 0.717) is 25.2 Å². The summed E-state index contributed by atoms with van der Waals surface area (Å²) in [6.07, 6.45) is -2.43. The predicted octanol–water partition coefficient (Wildman–Crippen LogP) is 3.77. The van der Waals surface area contributed by atoms with Crippen LogP contribution >= 0.6 is 11.6 Å². The van der Waals surface area contributed by atoms with Crippen molar-refractivity contribution in [1.82, 2.24) is 15.5 Å². The first kappa shape index (κ1) is 24.0. The summed E-state index contributed by atoms with van der Waals surface area (Å²) in [6, 6.07) is 3.93. The first-order chi connectivity index (χ1) is 16.6. The minimum Gasteiger partial charge on any atom is -0.484 e. The van der Waals surface area contributed by atoms with Crippen molar-refractivity contribution >= 4 is 23.7 Å². The number of ether oxygens (including phenoxy) is 2. The number of rotatable bonds is 8. The summed E-state index contributed by atoms with van der Waals surface area (Å²) >= 11 is 5.62. The summed E-state index contributed by atoms with van der Waals surface area (Å²) in [7, 11) is 0. The average molecular weight is 517 g/mol. The third-order valence-electron chi connectivity index (χ3n) is 6.60. The maximum Gasteiger partial charge on any atom is 0.396 e. The number of nitrogens with one attached hydrogen (secondary N) is 1. The van der Waals surface area contributed by atoms with Crippen LogP contribution in [0.5, 0.6) is 5.75 Å². The Morgan fingerprint density at radius 2 is 2.06 bits per heavy atom. The van der Waals surface area contributed by atoms with Gasteiger partial charge >= 0.3 is 6.18 Å². The monoisotopic (exact) mass is 516 g/mol. The molecule has 0 radical (unpaired) electrons. The van der Waals surface area contributed by atoms with Crippen molar-refractivity contribution in [3.05, 3.63) is 40.8 Å². The Hall–Kier alpha value is -2.73. The summed E-state index contributed by atoms with van der Waals surface area (Å²) in [5.41, 5.74) is -0.696. The number of hydrogen-bond acceptors (Lipinski definition) is 7. The van der Waals surface area contributed by atoms with Crippen molar-refractivity contribution in [1.29, 1.82) is 0 Å². The lowest BCUT2D eigenvalue weighted by atomic mass is 9.39. The Labute approximate surface area is 202 Å². The normalized spacial score (nSPS) is 29.3. The Kier molecular flexibility index (Phi) is 5.99. The molecule has 2 atom stereocenters. The van der Waals surface area contributed by atoms with E-state index in [1.165, 1.54) is 12.1 Å². The fraction of sp³-hybridized carbons (Fsp3) is 0.545. The van der Waals surface area contributed by atoms with Gasteiger partial charge in [-0.25, -0.2) is 4.39 Å². The highest BCUT2D eigenvalue weighted by atomic mass is 35.5. The van der Waals surface area contributed by atoms with E-state index in [0.717, 1.165) is 12.3 Å². The first-order valence-electron chi connectivity index (χ1n) is 11.0. The van der Waals surface area contributed by atoms with E-state index in [-0.39, 0.29) is 59.6 Å². The average Bonchev–Trinajstić information content (AvgIpc) is 3.23. The molecule has 6 rings (SSSR count). The first-order valence-corrected chi connectivity index (χ1v) is 11.3. The van der Waals surface area contributed by atoms with Gasteiger partial charge in [-0.1, -0.05) is 16.8 Å². The van der Waals surface area contributed by atoms with Crippen LogP contribution in [0.25, 0.3) is 0 Å². The standard InChI is InChI=1S/C22H21ClF4N4O4/c23-15-2-1-13(4-16(15)24)34-8-18(32)30-21-9-20(10-21,11-21)19-29-17(31-35-19)7-33-14-3-12(5-28-6-14)22(25,26)27/h1-2,4-5,12,14H,3,6-11H2,(H,30,32). The van der Waals surface area contributed by atoms with Gasteiger partial charge in [0.2, 0.25) is 5.89 Å². The molecule has 188 valence electrons. The molecule has 2 bridgehead atoms. The van der Waals surface area contributed by atoms with Crippen LogP contribution in [0.3, 0.4) is 0 Å². The lowest BCUT2D eigenvalue weighted by molar-refractivity contribution is -0.164. The number of alkyl halides is 3. The minimum atomic E-state index is -4.35. The van der Waals surface area contributed by atoms with E-state index < -0.39 is 24.0 Å². The van der Waals surface area contributed by atoms with Crippen molar-refractivity contribution in [2.75, 3.05) is 13.2 Å².